The highest BCUT2D eigenvalue weighted by atomic mass is 32.2. The Morgan fingerprint density at radius 3 is 2.83 bits per heavy atom. The predicted molar refractivity (Wildman–Crippen MR) is 91.9 cm³/mol. The summed E-state index contributed by atoms with van der Waals surface area (Å²) in [5.41, 5.74) is 0.974. The summed E-state index contributed by atoms with van der Waals surface area (Å²) < 4.78 is 15.3. The van der Waals surface area contributed by atoms with Crippen molar-refractivity contribution in [1.82, 2.24) is 14.8 Å². The van der Waals surface area contributed by atoms with E-state index in [-0.39, 0.29) is 5.82 Å². The molecule has 0 radical (unpaired) electrons. The van der Waals surface area contributed by atoms with Crippen LogP contribution in [0.4, 0.5) is 4.39 Å². The Morgan fingerprint density at radius 1 is 1.22 bits per heavy atom. The van der Waals surface area contributed by atoms with Gasteiger partial charge in [0.25, 0.3) is 0 Å². The molecule has 1 saturated carbocycles. The molecule has 2 aromatic rings. The van der Waals surface area contributed by atoms with E-state index in [4.69, 9.17) is 0 Å². The molecular weight excluding hydrogens is 309 g/mol. The van der Waals surface area contributed by atoms with E-state index in [9.17, 15) is 4.39 Å². The van der Waals surface area contributed by atoms with E-state index in [1.807, 2.05) is 13.1 Å². The van der Waals surface area contributed by atoms with Crippen LogP contribution in [0, 0.1) is 11.7 Å². The lowest BCUT2D eigenvalue weighted by atomic mass is 9.86. The highest BCUT2D eigenvalue weighted by Crippen LogP contribution is 2.28. The minimum absolute atomic E-state index is 0.186. The van der Waals surface area contributed by atoms with Crippen molar-refractivity contribution >= 4 is 11.8 Å². The van der Waals surface area contributed by atoms with Crippen LogP contribution < -0.4 is 0 Å². The van der Waals surface area contributed by atoms with Gasteiger partial charge in [-0.1, -0.05) is 56.0 Å². The second-order valence-corrected chi connectivity index (χ2v) is 7.36. The van der Waals surface area contributed by atoms with Gasteiger partial charge in [0.1, 0.15) is 11.6 Å². The molecule has 1 heterocycles. The molecule has 0 spiro atoms. The summed E-state index contributed by atoms with van der Waals surface area (Å²) in [7, 11) is 2.03. The van der Waals surface area contributed by atoms with E-state index < -0.39 is 0 Å². The maximum absolute atomic E-state index is 13.2. The number of nitrogens with zero attached hydrogens (tertiary/aromatic N) is 3. The molecule has 1 fully saturated rings. The number of aryl methyl sites for hydroxylation is 1. The van der Waals surface area contributed by atoms with Crippen LogP contribution in [0.1, 0.15) is 49.9 Å². The van der Waals surface area contributed by atoms with Gasteiger partial charge in [0.2, 0.25) is 0 Å². The van der Waals surface area contributed by atoms with E-state index in [2.05, 4.69) is 14.8 Å². The first-order chi connectivity index (χ1) is 11.2. The lowest BCUT2D eigenvalue weighted by Crippen LogP contribution is -2.09. The molecule has 0 atom stereocenters. The van der Waals surface area contributed by atoms with E-state index in [0.717, 1.165) is 28.9 Å². The number of hydrogen-bond acceptors (Lipinski definition) is 3. The smallest absolute Gasteiger partial charge is 0.191 e. The monoisotopic (exact) mass is 333 g/mol. The average Bonchev–Trinajstić information content (AvgIpc) is 2.92. The fourth-order valence-corrected chi connectivity index (χ4v) is 4.15. The van der Waals surface area contributed by atoms with Gasteiger partial charge in [0.05, 0.1) is 0 Å². The zero-order valence-corrected chi connectivity index (χ0v) is 14.5. The van der Waals surface area contributed by atoms with E-state index >= 15 is 0 Å². The molecule has 0 bridgehead atoms. The molecule has 1 aliphatic carbocycles. The topological polar surface area (TPSA) is 30.7 Å². The van der Waals surface area contributed by atoms with Crippen LogP contribution in [0.15, 0.2) is 29.4 Å². The predicted octanol–water partition coefficient (Wildman–Crippen LogP) is 4.76. The van der Waals surface area contributed by atoms with Crippen LogP contribution >= 0.6 is 11.8 Å². The summed E-state index contributed by atoms with van der Waals surface area (Å²) in [5, 5.41) is 9.56. The molecule has 1 aromatic carbocycles. The first-order valence-electron chi connectivity index (χ1n) is 8.48. The van der Waals surface area contributed by atoms with Crippen LogP contribution in [0.5, 0.6) is 0 Å². The third-order valence-electron chi connectivity index (χ3n) is 4.68. The van der Waals surface area contributed by atoms with Gasteiger partial charge in [0, 0.05) is 19.2 Å². The van der Waals surface area contributed by atoms with Gasteiger partial charge in [-0.15, -0.1) is 10.2 Å². The van der Waals surface area contributed by atoms with E-state index in [1.165, 1.54) is 44.6 Å². The number of benzene rings is 1. The van der Waals surface area contributed by atoms with E-state index in [0.29, 0.717) is 5.75 Å². The first-order valence-corrected chi connectivity index (χ1v) is 9.46. The van der Waals surface area contributed by atoms with Crippen LogP contribution in [0.2, 0.25) is 0 Å². The van der Waals surface area contributed by atoms with Crippen molar-refractivity contribution in [2.75, 3.05) is 0 Å². The minimum Gasteiger partial charge on any atom is -0.309 e. The Balaban J connectivity index is 1.54. The Morgan fingerprint density at radius 2 is 2.04 bits per heavy atom. The molecular formula is C18H24FN3S. The Kier molecular flexibility index (Phi) is 5.70. The summed E-state index contributed by atoms with van der Waals surface area (Å²) in [6.07, 6.45) is 9.16. The Labute approximate surface area is 141 Å². The molecule has 1 aliphatic rings. The summed E-state index contributed by atoms with van der Waals surface area (Å²) in [6.45, 7) is 0. The molecule has 0 N–H and O–H groups in total. The van der Waals surface area contributed by atoms with Gasteiger partial charge in [0.15, 0.2) is 5.16 Å². The molecule has 0 amide bonds. The molecule has 5 heteroatoms. The molecule has 23 heavy (non-hydrogen) atoms. The van der Waals surface area contributed by atoms with Crippen molar-refractivity contribution in [3.63, 3.8) is 0 Å². The third-order valence-corrected chi connectivity index (χ3v) is 5.77. The Hall–Kier alpha value is -1.36. The standard InChI is InChI=1S/C18H24FN3S/c1-22-17(11-10-14-6-3-2-4-7-14)20-21-18(22)23-13-15-8-5-9-16(19)12-15/h5,8-9,12,14H,2-4,6-7,10-11,13H2,1H3. The summed E-state index contributed by atoms with van der Waals surface area (Å²) >= 11 is 1.61. The van der Waals surface area contributed by atoms with Gasteiger partial charge in [-0.25, -0.2) is 4.39 Å². The normalized spacial score (nSPS) is 15.9. The maximum atomic E-state index is 13.2. The number of rotatable bonds is 6. The fourth-order valence-electron chi connectivity index (χ4n) is 3.27. The second-order valence-electron chi connectivity index (χ2n) is 6.42. The zero-order chi connectivity index (χ0) is 16.1. The van der Waals surface area contributed by atoms with Crippen LogP contribution in [0.25, 0.3) is 0 Å². The Bertz CT molecular complexity index is 635. The molecule has 3 nitrogen and oxygen atoms in total. The lowest BCUT2D eigenvalue weighted by molar-refractivity contribution is 0.336. The van der Waals surface area contributed by atoms with Crippen molar-refractivity contribution in [2.45, 2.75) is 55.9 Å². The fraction of sp³-hybridized carbons (Fsp3) is 0.556. The van der Waals surface area contributed by atoms with Gasteiger partial charge in [-0.2, -0.15) is 0 Å². The van der Waals surface area contributed by atoms with Crippen molar-refractivity contribution < 1.29 is 4.39 Å². The van der Waals surface area contributed by atoms with Gasteiger partial charge >= 0.3 is 0 Å². The molecule has 0 saturated heterocycles. The molecule has 0 aliphatic heterocycles. The second kappa shape index (κ2) is 7.95. The molecule has 124 valence electrons. The van der Waals surface area contributed by atoms with Crippen molar-refractivity contribution in [3.05, 3.63) is 41.5 Å². The van der Waals surface area contributed by atoms with Crippen molar-refractivity contribution in [1.29, 1.82) is 0 Å². The molecule has 1 aromatic heterocycles. The van der Waals surface area contributed by atoms with Gasteiger partial charge in [-0.05, 0) is 30.0 Å². The maximum Gasteiger partial charge on any atom is 0.191 e. The molecule has 0 unspecified atom stereocenters. The third kappa shape index (κ3) is 4.56. The highest BCUT2D eigenvalue weighted by molar-refractivity contribution is 7.98. The van der Waals surface area contributed by atoms with Crippen LogP contribution in [-0.2, 0) is 19.2 Å². The number of aromatic nitrogens is 3. The van der Waals surface area contributed by atoms with Crippen molar-refractivity contribution in [3.8, 4) is 0 Å². The first kappa shape index (κ1) is 16.5. The molecule has 3 rings (SSSR count). The zero-order valence-electron chi connectivity index (χ0n) is 13.7. The number of halogens is 1. The van der Waals surface area contributed by atoms with E-state index in [1.54, 1.807) is 23.9 Å². The van der Waals surface area contributed by atoms with Crippen molar-refractivity contribution in [2.24, 2.45) is 13.0 Å². The van der Waals surface area contributed by atoms with Crippen LogP contribution in [-0.4, -0.2) is 14.8 Å². The largest absolute Gasteiger partial charge is 0.309 e. The summed E-state index contributed by atoms with van der Waals surface area (Å²) in [4.78, 5) is 0. The number of hydrogen-bond donors (Lipinski definition) is 0. The summed E-state index contributed by atoms with van der Waals surface area (Å²) in [5.74, 6) is 2.46. The van der Waals surface area contributed by atoms with Crippen LogP contribution in [0.3, 0.4) is 0 Å². The minimum atomic E-state index is -0.186. The highest BCUT2D eigenvalue weighted by Gasteiger charge is 2.16. The number of thioether (sulfide) groups is 1. The van der Waals surface area contributed by atoms with Gasteiger partial charge in [-0.3, -0.25) is 0 Å². The SMILES string of the molecule is Cn1c(CCC2CCCCC2)nnc1SCc1cccc(F)c1. The van der Waals surface area contributed by atoms with Gasteiger partial charge < -0.3 is 4.57 Å². The average molecular weight is 333 g/mol. The quantitative estimate of drug-likeness (QED) is 0.714. The lowest BCUT2D eigenvalue weighted by Gasteiger charge is -2.20. The summed E-state index contributed by atoms with van der Waals surface area (Å²) in [6, 6.07) is 6.74.